The number of pyridine rings is 2. The van der Waals surface area contributed by atoms with Crippen LogP contribution in [0.3, 0.4) is 0 Å². The molecule has 0 N–H and O–H groups in total. The summed E-state index contributed by atoms with van der Waals surface area (Å²) in [5.74, 6) is -0.893. The summed E-state index contributed by atoms with van der Waals surface area (Å²) in [6, 6.07) is 8.76. The van der Waals surface area contributed by atoms with E-state index in [-0.39, 0.29) is 23.5 Å². The molecule has 0 atom stereocenters. The maximum absolute atomic E-state index is 13.1. The Hall–Kier alpha value is -3.02. The monoisotopic (exact) mass is 326 g/mol. The first-order valence-corrected chi connectivity index (χ1v) is 7.47. The number of ether oxygens (including phenoxy) is 1. The third kappa shape index (κ3) is 2.78. The molecular weight excluding hydrogens is 311 g/mol. The van der Waals surface area contributed by atoms with Gasteiger partial charge < -0.3 is 4.74 Å². The maximum atomic E-state index is 13.1. The van der Waals surface area contributed by atoms with E-state index in [0.717, 1.165) is 0 Å². The normalized spacial score (nSPS) is 10.8. The smallest absolute Gasteiger partial charge is 0.339 e. The van der Waals surface area contributed by atoms with Gasteiger partial charge in [-0.25, -0.2) is 9.18 Å². The van der Waals surface area contributed by atoms with Gasteiger partial charge in [0.25, 0.3) is 5.56 Å². The molecule has 1 aromatic carbocycles. The van der Waals surface area contributed by atoms with Crippen molar-refractivity contribution in [1.29, 1.82) is 0 Å². The van der Waals surface area contributed by atoms with Crippen molar-refractivity contribution in [1.82, 2.24) is 9.55 Å². The van der Waals surface area contributed by atoms with Crippen molar-refractivity contribution in [3.8, 4) is 5.69 Å². The Labute approximate surface area is 137 Å². The molecule has 2 heterocycles. The molecular formula is C18H15FN2O3. The first kappa shape index (κ1) is 15.9. The number of nitrogens with zero attached hydrogens (tertiary/aromatic N) is 2. The van der Waals surface area contributed by atoms with E-state index in [1.807, 2.05) is 0 Å². The highest BCUT2D eigenvalue weighted by molar-refractivity contribution is 5.94. The molecule has 0 spiro atoms. The van der Waals surface area contributed by atoms with E-state index in [1.165, 1.54) is 34.9 Å². The van der Waals surface area contributed by atoms with Gasteiger partial charge in [0.1, 0.15) is 5.82 Å². The Balaban J connectivity index is 2.20. The number of aromatic nitrogens is 2. The fraction of sp³-hybridized carbons (Fsp3) is 0.167. The van der Waals surface area contributed by atoms with Crippen LogP contribution in [0.5, 0.6) is 0 Å². The molecule has 6 heteroatoms. The van der Waals surface area contributed by atoms with Crippen LogP contribution in [0.15, 0.2) is 47.4 Å². The number of hydrogen-bond donors (Lipinski definition) is 0. The molecule has 2 aromatic heterocycles. The first-order chi connectivity index (χ1) is 11.5. The van der Waals surface area contributed by atoms with Crippen molar-refractivity contribution in [2.45, 2.75) is 13.8 Å². The number of fused-ring (bicyclic) bond motifs is 1. The average molecular weight is 326 g/mol. The fourth-order valence-electron chi connectivity index (χ4n) is 2.49. The molecule has 0 aliphatic rings. The first-order valence-electron chi connectivity index (χ1n) is 7.47. The quantitative estimate of drug-likeness (QED) is 0.694. The molecule has 0 fully saturated rings. The highest BCUT2D eigenvalue weighted by Gasteiger charge is 2.15. The number of hydrogen-bond acceptors (Lipinski definition) is 4. The molecule has 0 aliphatic heterocycles. The second-order valence-electron chi connectivity index (χ2n) is 5.24. The van der Waals surface area contributed by atoms with Crippen molar-refractivity contribution >= 4 is 16.9 Å². The van der Waals surface area contributed by atoms with Crippen LogP contribution >= 0.6 is 0 Å². The number of benzene rings is 1. The van der Waals surface area contributed by atoms with Gasteiger partial charge in [0.15, 0.2) is 0 Å². The van der Waals surface area contributed by atoms with Crippen LogP contribution in [0.2, 0.25) is 0 Å². The van der Waals surface area contributed by atoms with Gasteiger partial charge in [-0.15, -0.1) is 0 Å². The van der Waals surface area contributed by atoms with Crippen molar-refractivity contribution < 1.29 is 13.9 Å². The second kappa shape index (κ2) is 6.23. The molecule has 3 rings (SSSR count). The van der Waals surface area contributed by atoms with Crippen LogP contribution in [0, 0.1) is 12.7 Å². The molecule has 0 unspecified atom stereocenters. The summed E-state index contributed by atoms with van der Waals surface area (Å²) in [5.41, 5.74) is 1.45. The SMILES string of the molecule is CCOC(=O)c1cc2c(=O)n(-c3ccc(F)cc3)ccc2nc1C. The number of esters is 1. The van der Waals surface area contributed by atoms with Crippen LogP contribution < -0.4 is 5.56 Å². The minimum absolute atomic E-state index is 0.241. The minimum atomic E-state index is -0.513. The van der Waals surface area contributed by atoms with Crippen LogP contribution in [0.1, 0.15) is 23.0 Å². The Morgan fingerprint density at radius 1 is 1.25 bits per heavy atom. The van der Waals surface area contributed by atoms with E-state index >= 15 is 0 Å². The summed E-state index contributed by atoms with van der Waals surface area (Å²) in [6.07, 6.45) is 1.58. The Morgan fingerprint density at radius 2 is 1.96 bits per heavy atom. The predicted octanol–water partition coefficient (Wildman–Crippen LogP) is 3.01. The molecule has 0 saturated heterocycles. The molecule has 24 heavy (non-hydrogen) atoms. The van der Waals surface area contributed by atoms with E-state index in [1.54, 1.807) is 26.1 Å². The number of carbonyl (C=O) groups is 1. The Morgan fingerprint density at radius 3 is 2.62 bits per heavy atom. The summed E-state index contributed by atoms with van der Waals surface area (Å²) in [4.78, 5) is 29.0. The minimum Gasteiger partial charge on any atom is -0.462 e. The zero-order valence-electron chi connectivity index (χ0n) is 13.2. The van der Waals surface area contributed by atoms with E-state index in [4.69, 9.17) is 4.74 Å². The Bertz CT molecular complexity index is 978. The number of rotatable bonds is 3. The fourth-order valence-corrected chi connectivity index (χ4v) is 2.49. The van der Waals surface area contributed by atoms with Gasteiger partial charge >= 0.3 is 5.97 Å². The van der Waals surface area contributed by atoms with Gasteiger partial charge in [0.2, 0.25) is 0 Å². The topological polar surface area (TPSA) is 61.2 Å². The van der Waals surface area contributed by atoms with Gasteiger partial charge in [0, 0.05) is 11.9 Å². The van der Waals surface area contributed by atoms with Crippen LogP contribution in [-0.4, -0.2) is 22.1 Å². The van der Waals surface area contributed by atoms with Crippen LogP contribution in [-0.2, 0) is 4.74 Å². The summed E-state index contributed by atoms with van der Waals surface area (Å²) >= 11 is 0. The van der Waals surface area contributed by atoms with Crippen LogP contribution in [0.25, 0.3) is 16.6 Å². The largest absolute Gasteiger partial charge is 0.462 e. The van der Waals surface area contributed by atoms with E-state index in [9.17, 15) is 14.0 Å². The van der Waals surface area contributed by atoms with E-state index < -0.39 is 5.97 Å². The standard InChI is InChI=1S/C18H15FN2O3/c1-3-24-18(23)14-10-15-16(20-11(14)2)8-9-21(17(15)22)13-6-4-12(19)5-7-13/h4-10H,3H2,1-2H3. The lowest BCUT2D eigenvalue weighted by Crippen LogP contribution is -2.19. The second-order valence-corrected chi connectivity index (χ2v) is 5.24. The molecule has 122 valence electrons. The van der Waals surface area contributed by atoms with Gasteiger partial charge in [-0.3, -0.25) is 14.3 Å². The van der Waals surface area contributed by atoms with Crippen molar-refractivity contribution in [2.24, 2.45) is 0 Å². The van der Waals surface area contributed by atoms with Crippen molar-refractivity contribution in [3.63, 3.8) is 0 Å². The summed E-state index contributed by atoms with van der Waals surface area (Å²) in [7, 11) is 0. The number of carbonyl (C=O) groups excluding carboxylic acids is 1. The summed E-state index contributed by atoms with van der Waals surface area (Å²) in [6.45, 7) is 3.64. The molecule has 0 aliphatic carbocycles. The average Bonchev–Trinajstić information content (AvgIpc) is 2.56. The predicted molar refractivity (Wildman–Crippen MR) is 88.0 cm³/mol. The van der Waals surface area contributed by atoms with Gasteiger partial charge in [-0.2, -0.15) is 0 Å². The van der Waals surface area contributed by atoms with Crippen LogP contribution in [0.4, 0.5) is 4.39 Å². The summed E-state index contributed by atoms with van der Waals surface area (Å²) < 4.78 is 19.4. The number of aryl methyl sites for hydroxylation is 1. The number of halogens is 1. The third-order valence-corrected chi connectivity index (χ3v) is 3.67. The molecule has 0 radical (unpaired) electrons. The molecule has 0 saturated carbocycles. The highest BCUT2D eigenvalue weighted by Crippen LogP contribution is 2.16. The highest BCUT2D eigenvalue weighted by atomic mass is 19.1. The third-order valence-electron chi connectivity index (χ3n) is 3.67. The molecule has 0 bridgehead atoms. The van der Waals surface area contributed by atoms with Gasteiger partial charge in [-0.1, -0.05) is 0 Å². The Kier molecular flexibility index (Phi) is 4.12. The maximum Gasteiger partial charge on any atom is 0.339 e. The van der Waals surface area contributed by atoms with E-state index in [2.05, 4.69) is 4.98 Å². The van der Waals surface area contributed by atoms with Gasteiger partial charge in [0.05, 0.1) is 28.8 Å². The lowest BCUT2D eigenvalue weighted by atomic mass is 10.1. The molecule has 3 aromatic rings. The van der Waals surface area contributed by atoms with Crippen molar-refractivity contribution in [2.75, 3.05) is 6.61 Å². The van der Waals surface area contributed by atoms with E-state index in [0.29, 0.717) is 22.3 Å². The lowest BCUT2D eigenvalue weighted by molar-refractivity contribution is 0.0525. The molecule has 5 nitrogen and oxygen atoms in total. The molecule has 0 amide bonds. The lowest BCUT2D eigenvalue weighted by Gasteiger charge is -2.10. The van der Waals surface area contributed by atoms with Gasteiger partial charge in [-0.05, 0) is 50.2 Å². The van der Waals surface area contributed by atoms with Crippen molar-refractivity contribution in [3.05, 3.63) is 70.0 Å². The zero-order chi connectivity index (χ0) is 17.3. The zero-order valence-corrected chi connectivity index (χ0v) is 13.2. The summed E-state index contributed by atoms with van der Waals surface area (Å²) in [5, 5.41) is 0.301.